The number of amides is 1. The summed E-state index contributed by atoms with van der Waals surface area (Å²) in [6.45, 7) is -0.220. The third kappa shape index (κ3) is 4.91. The molecule has 148 valence electrons. The Balaban J connectivity index is 1.46. The first-order valence-electron chi connectivity index (χ1n) is 9.49. The molecule has 1 saturated carbocycles. The predicted octanol–water partition coefficient (Wildman–Crippen LogP) is 3.83. The van der Waals surface area contributed by atoms with E-state index in [1.807, 2.05) is 24.3 Å². The minimum atomic E-state index is -0.529. The first kappa shape index (κ1) is 19.4. The standard InChI is InChI=1S/C22H21ClN4O2/c23-17-3-1-2-16(12-17)20(13-28)26-21(29)15-6-4-14(5-7-15)19-10-11-24-22(27-19)25-18-8-9-18/h1-7,10-12,18,20,28H,8-9,13H2,(H,26,29)(H,24,25,27). The highest BCUT2D eigenvalue weighted by Gasteiger charge is 2.22. The van der Waals surface area contributed by atoms with Gasteiger partial charge >= 0.3 is 0 Å². The summed E-state index contributed by atoms with van der Waals surface area (Å²) >= 11 is 6.01. The SMILES string of the molecule is O=C(NC(CO)c1cccc(Cl)c1)c1ccc(-c2ccnc(NC3CC3)n2)cc1. The molecule has 29 heavy (non-hydrogen) atoms. The number of rotatable bonds is 7. The van der Waals surface area contributed by atoms with E-state index in [0.29, 0.717) is 22.6 Å². The largest absolute Gasteiger partial charge is 0.394 e. The summed E-state index contributed by atoms with van der Waals surface area (Å²) in [6, 6.07) is 16.1. The molecule has 1 aromatic heterocycles. The van der Waals surface area contributed by atoms with Crippen LogP contribution in [0.25, 0.3) is 11.3 Å². The molecular formula is C22H21ClN4O2. The molecule has 0 saturated heterocycles. The summed E-state index contributed by atoms with van der Waals surface area (Å²) in [5.74, 6) is 0.355. The second-order valence-electron chi connectivity index (χ2n) is 7.03. The molecule has 0 aliphatic heterocycles. The lowest BCUT2D eigenvalue weighted by Gasteiger charge is -2.17. The topological polar surface area (TPSA) is 87.1 Å². The summed E-state index contributed by atoms with van der Waals surface area (Å²) in [7, 11) is 0. The van der Waals surface area contributed by atoms with Crippen molar-refractivity contribution in [3.8, 4) is 11.3 Å². The fraction of sp³-hybridized carbons (Fsp3) is 0.227. The van der Waals surface area contributed by atoms with Gasteiger partial charge in [-0.05, 0) is 48.7 Å². The van der Waals surface area contributed by atoms with Gasteiger partial charge in [0.1, 0.15) is 0 Å². The van der Waals surface area contributed by atoms with Gasteiger partial charge in [0.05, 0.1) is 18.3 Å². The van der Waals surface area contributed by atoms with Crippen molar-refractivity contribution in [3.63, 3.8) is 0 Å². The molecule has 1 fully saturated rings. The van der Waals surface area contributed by atoms with Gasteiger partial charge in [0.2, 0.25) is 5.95 Å². The number of carbonyl (C=O) groups is 1. The summed E-state index contributed by atoms with van der Waals surface area (Å²) < 4.78 is 0. The number of carbonyl (C=O) groups excluding carboxylic acids is 1. The molecule has 2 aromatic carbocycles. The van der Waals surface area contributed by atoms with E-state index in [1.54, 1.807) is 36.5 Å². The van der Waals surface area contributed by atoms with Crippen molar-refractivity contribution in [1.29, 1.82) is 0 Å². The third-order valence-corrected chi connectivity index (χ3v) is 4.98. The molecule has 7 heteroatoms. The Morgan fingerprint density at radius 2 is 1.97 bits per heavy atom. The molecule has 1 heterocycles. The van der Waals surface area contributed by atoms with Gasteiger partial charge in [-0.25, -0.2) is 9.97 Å². The van der Waals surface area contributed by atoms with E-state index < -0.39 is 6.04 Å². The number of benzene rings is 2. The van der Waals surface area contributed by atoms with Gasteiger partial charge in [0.15, 0.2) is 0 Å². The Morgan fingerprint density at radius 1 is 1.17 bits per heavy atom. The maximum absolute atomic E-state index is 12.6. The van der Waals surface area contributed by atoms with Crippen LogP contribution < -0.4 is 10.6 Å². The predicted molar refractivity (Wildman–Crippen MR) is 113 cm³/mol. The highest BCUT2D eigenvalue weighted by atomic mass is 35.5. The van der Waals surface area contributed by atoms with Crippen molar-refractivity contribution < 1.29 is 9.90 Å². The van der Waals surface area contributed by atoms with Gasteiger partial charge in [0, 0.05) is 28.4 Å². The molecule has 6 nitrogen and oxygen atoms in total. The lowest BCUT2D eigenvalue weighted by molar-refractivity contribution is 0.0916. The lowest BCUT2D eigenvalue weighted by atomic mass is 10.1. The summed E-state index contributed by atoms with van der Waals surface area (Å²) in [5, 5.41) is 16.4. The minimum absolute atomic E-state index is 0.220. The molecule has 0 bridgehead atoms. The Labute approximate surface area is 174 Å². The maximum atomic E-state index is 12.6. The van der Waals surface area contributed by atoms with Gasteiger partial charge < -0.3 is 15.7 Å². The maximum Gasteiger partial charge on any atom is 0.251 e. The van der Waals surface area contributed by atoms with E-state index in [0.717, 1.165) is 29.7 Å². The average molecular weight is 409 g/mol. The van der Waals surface area contributed by atoms with E-state index in [2.05, 4.69) is 20.6 Å². The molecule has 1 aliphatic carbocycles. The van der Waals surface area contributed by atoms with Crippen LogP contribution in [0.15, 0.2) is 60.8 Å². The van der Waals surface area contributed by atoms with Crippen molar-refractivity contribution in [1.82, 2.24) is 15.3 Å². The molecule has 3 aromatic rings. The Morgan fingerprint density at radius 3 is 2.66 bits per heavy atom. The van der Waals surface area contributed by atoms with Crippen molar-refractivity contribution in [2.45, 2.75) is 24.9 Å². The van der Waals surface area contributed by atoms with Crippen molar-refractivity contribution in [3.05, 3.63) is 76.9 Å². The highest BCUT2D eigenvalue weighted by molar-refractivity contribution is 6.30. The summed E-state index contributed by atoms with van der Waals surface area (Å²) in [4.78, 5) is 21.4. The zero-order chi connectivity index (χ0) is 20.2. The first-order chi connectivity index (χ1) is 14.1. The second-order valence-corrected chi connectivity index (χ2v) is 7.46. The summed E-state index contributed by atoms with van der Waals surface area (Å²) in [6.07, 6.45) is 4.04. The monoisotopic (exact) mass is 408 g/mol. The minimum Gasteiger partial charge on any atom is -0.394 e. The first-order valence-corrected chi connectivity index (χ1v) is 9.87. The van der Waals surface area contributed by atoms with Crippen LogP contribution in [0.4, 0.5) is 5.95 Å². The summed E-state index contributed by atoms with van der Waals surface area (Å²) in [5.41, 5.74) is 2.94. The number of halogens is 1. The van der Waals surface area contributed by atoms with Gasteiger partial charge in [-0.3, -0.25) is 4.79 Å². The number of hydrogen-bond acceptors (Lipinski definition) is 5. The molecule has 4 rings (SSSR count). The van der Waals surface area contributed by atoms with Crippen LogP contribution in [0.1, 0.15) is 34.8 Å². The normalized spacial score (nSPS) is 14.3. The number of nitrogens with zero attached hydrogens (tertiary/aromatic N) is 2. The van der Waals surface area contributed by atoms with E-state index in [9.17, 15) is 9.90 Å². The molecular weight excluding hydrogens is 388 g/mol. The number of hydrogen-bond donors (Lipinski definition) is 3. The molecule has 1 amide bonds. The van der Waals surface area contributed by atoms with Crippen LogP contribution in [-0.4, -0.2) is 33.6 Å². The van der Waals surface area contributed by atoms with Crippen molar-refractivity contribution in [2.24, 2.45) is 0 Å². The fourth-order valence-corrected chi connectivity index (χ4v) is 3.19. The molecule has 1 aliphatic rings. The number of aliphatic hydroxyl groups is 1. The fourth-order valence-electron chi connectivity index (χ4n) is 2.99. The van der Waals surface area contributed by atoms with Crippen LogP contribution in [0.2, 0.25) is 5.02 Å². The zero-order valence-electron chi connectivity index (χ0n) is 15.7. The van der Waals surface area contributed by atoms with Gasteiger partial charge in [0.25, 0.3) is 5.91 Å². The molecule has 1 unspecified atom stereocenters. The number of aromatic nitrogens is 2. The van der Waals surface area contributed by atoms with Crippen LogP contribution >= 0.6 is 11.6 Å². The van der Waals surface area contributed by atoms with Crippen LogP contribution in [0.3, 0.4) is 0 Å². The van der Waals surface area contributed by atoms with Crippen molar-refractivity contribution in [2.75, 3.05) is 11.9 Å². The zero-order valence-corrected chi connectivity index (χ0v) is 16.4. The van der Waals surface area contributed by atoms with Crippen LogP contribution in [-0.2, 0) is 0 Å². The molecule has 1 atom stereocenters. The number of aliphatic hydroxyl groups excluding tert-OH is 1. The second kappa shape index (κ2) is 8.59. The van der Waals surface area contributed by atoms with Gasteiger partial charge in [-0.15, -0.1) is 0 Å². The Kier molecular flexibility index (Phi) is 5.74. The Bertz CT molecular complexity index is 1010. The number of anilines is 1. The van der Waals surface area contributed by atoms with Crippen molar-refractivity contribution >= 4 is 23.5 Å². The van der Waals surface area contributed by atoms with E-state index in [4.69, 9.17) is 11.6 Å². The smallest absolute Gasteiger partial charge is 0.251 e. The molecule has 0 radical (unpaired) electrons. The lowest BCUT2D eigenvalue weighted by Crippen LogP contribution is -2.30. The quantitative estimate of drug-likeness (QED) is 0.553. The molecule has 3 N–H and O–H groups in total. The van der Waals surface area contributed by atoms with Gasteiger partial charge in [-0.1, -0.05) is 35.9 Å². The van der Waals surface area contributed by atoms with E-state index in [-0.39, 0.29) is 12.5 Å². The third-order valence-electron chi connectivity index (χ3n) is 4.75. The Hall–Kier alpha value is -2.96. The van der Waals surface area contributed by atoms with Crippen LogP contribution in [0, 0.1) is 0 Å². The van der Waals surface area contributed by atoms with E-state index >= 15 is 0 Å². The van der Waals surface area contributed by atoms with E-state index in [1.165, 1.54) is 0 Å². The van der Waals surface area contributed by atoms with Crippen LogP contribution in [0.5, 0.6) is 0 Å². The van der Waals surface area contributed by atoms with Gasteiger partial charge in [-0.2, -0.15) is 0 Å². The average Bonchev–Trinajstić information content (AvgIpc) is 3.56. The highest BCUT2D eigenvalue weighted by Crippen LogP contribution is 2.24. The molecule has 0 spiro atoms. The number of nitrogens with one attached hydrogen (secondary N) is 2.